The molecule has 0 radical (unpaired) electrons. The van der Waals surface area contributed by atoms with Gasteiger partial charge in [0.25, 0.3) is 0 Å². The van der Waals surface area contributed by atoms with Gasteiger partial charge < -0.3 is 9.16 Å². The minimum atomic E-state index is -4.38. The third kappa shape index (κ3) is 7.07. The van der Waals surface area contributed by atoms with Crippen LogP contribution in [0.5, 0.6) is 0 Å². The number of halogens is 4. The normalized spacial score (nSPS) is 18.2. The summed E-state index contributed by atoms with van der Waals surface area (Å²) in [4.78, 5) is 5.36. The van der Waals surface area contributed by atoms with Crippen LogP contribution in [0.15, 0.2) is 48.5 Å². The van der Waals surface area contributed by atoms with Gasteiger partial charge in [0, 0.05) is 28.4 Å². The molecule has 8 heteroatoms. The zero-order valence-corrected chi connectivity index (χ0v) is 26.9. The molecule has 0 saturated heterocycles. The van der Waals surface area contributed by atoms with Crippen LogP contribution in [0.2, 0.25) is 18.1 Å². The van der Waals surface area contributed by atoms with Crippen molar-refractivity contribution < 1.29 is 26.7 Å². The van der Waals surface area contributed by atoms with Gasteiger partial charge in [0.2, 0.25) is 0 Å². The summed E-state index contributed by atoms with van der Waals surface area (Å²) in [6, 6.07) is 11.8. The van der Waals surface area contributed by atoms with Crippen LogP contribution in [0.1, 0.15) is 105 Å². The fourth-order valence-electron chi connectivity index (χ4n) is 6.19. The second-order valence-corrected chi connectivity index (χ2v) is 18.4. The van der Waals surface area contributed by atoms with Crippen molar-refractivity contribution in [3.05, 3.63) is 88.0 Å². The minimum absolute atomic E-state index is 0.0332. The standard InChI is InChI=1S/C35H43F4NO2Si/c1-34(2,3)43(4,5)42-30-12-8-11-29-32(30)31(24-15-19-27(36)20-16-24)28(33(40-29)25-9-6-7-10-25)22-41-21-23-13-17-26(18-14-23)35(37,38)39/h13-20,25,30H,6-12,21-22H2,1-5H3. The van der Waals surface area contributed by atoms with E-state index in [4.69, 9.17) is 14.1 Å². The maximum atomic E-state index is 14.2. The molecule has 0 bridgehead atoms. The predicted molar refractivity (Wildman–Crippen MR) is 165 cm³/mol. The van der Waals surface area contributed by atoms with Crippen LogP contribution in [-0.4, -0.2) is 13.3 Å². The van der Waals surface area contributed by atoms with E-state index in [1.807, 2.05) is 12.1 Å². The molecular formula is C35H43F4NO2Si. The lowest BCUT2D eigenvalue weighted by Gasteiger charge is -2.41. The molecule has 1 aromatic heterocycles. The zero-order chi connectivity index (χ0) is 31.0. The molecule has 3 aromatic rings. The van der Waals surface area contributed by atoms with Crippen molar-refractivity contribution in [3.8, 4) is 11.1 Å². The number of ether oxygens (including phenoxy) is 1. The summed E-state index contributed by atoms with van der Waals surface area (Å²) in [5, 5.41) is 0.0332. The Balaban J connectivity index is 1.59. The van der Waals surface area contributed by atoms with Gasteiger partial charge in [-0.2, -0.15) is 13.2 Å². The highest BCUT2D eigenvalue weighted by Gasteiger charge is 2.42. The van der Waals surface area contributed by atoms with Crippen molar-refractivity contribution in [2.24, 2.45) is 0 Å². The van der Waals surface area contributed by atoms with Crippen molar-refractivity contribution >= 4 is 8.32 Å². The number of pyridine rings is 1. The maximum absolute atomic E-state index is 14.2. The molecule has 2 aromatic carbocycles. The molecule has 1 fully saturated rings. The Kier molecular flexibility index (Phi) is 9.22. The highest BCUT2D eigenvalue weighted by molar-refractivity contribution is 6.74. The van der Waals surface area contributed by atoms with Crippen LogP contribution in [0, 0.1) is 5.82 Å². The molecule has 5 rings (SSSR count). The average molecular weight is 614 g/mol. The van der Waals surface area contributed by atoms with Crippen molar-refractivity contribution in [3.63, 3.8) is 0 Å². The fraction of sp³-hybridized carbons (Fsp3) is 0.514. The molecule has 232 valence electrons. The minimum Gasteiger partial charge on any atom is -0.410 e. The van der Waals surface area contributed by atoms with Gasteiger partial charge in [-0.3, -0.25) is 4.98 Å². The summed E-state index contributed by atoms with van der Waals surface area (Å²) in [6.07, 6.45) is 2.68. The summed E-state index contributed by atoms with van der Waals surface area (Å²) >= 11 is 0. The van der Waals surface area contributed by atoms with E-state index in [9.17, 15) is 17.6 Å². The Morgan fingerprint density at radius 1 is 0.860 bits per heavy atom. The van der Waals surface area contributed by atoms with Crippen LogP contribution in [-0.2, 0) is 35.0 Å². The van der Waals surface area contributed by atoms with Crippen LogP contribution in [0.3, 0.4) is 0 Å². The number of nitrogens with zero attached hydrogens (tertiary/aromatic N) is 1. The molecule has 3 nitrogen and oxygen atoms in total. The molecule has 43 heavy (non-hydrogen) atoms. The van der Waals surface area contributed by atoms with E-state index in [2.05, 4.69) is 33.9 Å². The molecule has 1 saturated carbocycles. The van der Waals surface area contributed by atoms with Crippen LogP contribution in [0.25, 0.3) is 11.1 Å². The Hall–Kier alpha value is -2.55. The van der Waals surface area contributed by atoms with Crippen molar-refractivity contribution in [1.82, 2.24) is 4.98 Å². The predicted octanol–water partition coefficient (Wildman–Crippen LogP) is 10.7. The first-order valence-electron chi connectivity index (χ1n) is 15.5. The van der Waals surface area contributed by atoms with Gasteiger partial charge in [-0.15, -0.1) is 0 Å². The third-order valence-corrected chi connectivity index (χ3v) is 14.0. The lowest BCUT2D eigenvalue weighted by Crippen LogP contribution is -2.42. The van der Waals surface area contributed by atoms with Gasteiger partial charge in [-0.05, 0) is 91.2 Å². The van der Waals surface area contributed by atoms with Gasteiger partial charge in [-0.1, -0.05) is 57.9 Å². The van der Waals surface area contributed by atoms with E-state index in [1.54, 1.807) is 0 Å². The molecule has 0 aliphatic heterocycles. The van der Waals surface area contributed by atoms with Crippen molar-refractivity contribution in [2.75, 3.05) is 0 Å². The monoisotopic (exact) mass is 613 g/mol. The van der Waals surface area contributed by atoms with Gasteiger partial charge in [0.15, 0.2) is 8.32 Å². The molecule has 1 heterocycles. The largest absolute Gasteiger partial charge is 0.416 e. The molecule has 0 amide bonds. The average Bonchev–Trinajstić information content (AvgIpc) is 3.47. The van der Waals surface area contributed by atoms with Gasteiger partial charge in [-0.25, -0.2) is 4.39 Å². The molecule has 1 unspecified atom stereocenters. The van der Waals surface area contributed by atoms with E-state index < -0.39 is 20.1 Å². The maximum Gasteiger partial charge on any atom is 0.416 e. The van der Waals surface area contributed by atoms with Crippen LogP contribution in [0.4, 0.5) is 17.6 Å². The second-order valence-electron chi connectivity index (χ2n) is 13.6. The first-order valence-corrected chi connectivity index (χ1v) is 18.4. The number of hydrogen-bond donors (Lipinski definition) is 0. The second kappa shape index (κ2) is 12.4. The molecular weight excluding hydrogens is 570 g/mol. The van der Waals surface area contributed by atoms with Crippen molar-refractivity contribution in [1.29, 1.82) is 0 Å². The third-order valence-electron chi connectivity index (χ3n) is 9.56. The molecule has 2 aliphatic carbocycles. The van der Waals surface area contributed by atoms with Crippen LogP contribution < -0.4 is 0 Å². The summed E-state index contributed by atoms with van der Waals surface area (Å²) < 4.78 is 66.8. The quantitative estimate of drug-likeness (QED) is 0.187. The number of fused-ring (bicyclic) bond motifs is 1. The van der Waals surface area contributed by atoms with E-state index in [0.717, 1.165) is 90.7 Å². The van der Waals surface area contributed by atoms with Gasteiger partial charge in [0.05, 0.1) is 24.9 Å². The van der Waals surface area contributed by atoms with E-state index in [-0.39, 0.29) is 30.2 Å². The summed E-state index contributed by atoms with van der Waals surface area (Å²) in [6.45, 7) is 11.7. The molecule has 2 aliphatic rings. The molecule has 1 atom stereocenters. The van der Waals surface area contributed by atoms with E-state index in [0.29, 0.717) is 11.5 Å². The van der Waals surface area contributed by atoms with Gasteiger partial charge in [0.1, 0.15) is 5.82 Å². The van der Waals surface area contributed by atoms with E-state index in [1.165, 1.54) is 24.3 Å². The Morgan fingerprint density at radius 3 is 2.12 bits per heavy atom. The molecule has 0 spiro atoms. The topological polar surface area (TPSA) is 31.4 Å². The van der Waals surface area contributed by atoms with Gasteiger partial charge >= 0.3 is 6.18 Å². The smallest absolute Gasteiger partial charge is 0.410 e. The van der Waals surface area contributed by atoms with Crippen molar-refractivity contribution in [2.45, 2.75) is 115 Å². The molecule has 0 N–H and O–H groups in total. The number of rotatable bonds is 8. The Bertz CT molecular complexity index is 1410. The lowest BCUT2D eigenvalue weighted by atomic mass is 9.82. The number of benzene rings is 2. The lowest BCUT2D eigenvalue weighted by molar-refractivity contribution is -0.137. The number of aromatic nitrogens is 1. The highest BCUT2D eigenvalue weighted by atomic mass is 28.4. The van der Waals surface area contributed by atoms with E-state index >= 15 is 0 Å². The first kappa shape index (κ1) is 31.9. The Morgan fingerprint density at radius 2 is 1.51 bits per heavy atom. The summed E-state index contributed by atoms with van der Waals surface area (Å²) in [5.74, 6) is 0.0210. The number of alkyl halides is 3. The fourth-order valence-corrected chi connectivity index (χ4v) is 7.49. The first-order chi connectivity index (χ1) is 20.2. The zero-order valence-electron chi connectivity index (χ0n) is 25.9. The number of aryl methyl sites for hydroxylation is 1. The highest BCUT2D eigenvalue weighted by Crippen LogP contribution is 2.48. The van der Waals surface area contributed by atoms with Crippen LogP contribution >= 0.6 is 0 Å². The number of hydrogen-bond acceptors (Lipinski definition) is 3. The summed E-state index contributed by atoms with van der Waals surface area (Å²) in [7, 11) is -2.14. The summed E-state index contributed by atoms with van der Waals surface area (Å²) in [5.41, 5.74) is 6.15. The Labute approximate surface area is 254 Å². The SMILES string of the molecule is CC(C)(C)[Si](C)(C)OC1CCCc2nc(C3CCCC3)c(COCc3ccc(C(F)(F)F)cc3)c(-c3ccc(F)cc3)c21.